The monoisotopic (exact) mass is 282 g/mol. The Morgan fingerprint density at radius 3 is 3.06 bits per heavy atom. The third-order valence-corrected chi connectivity index (χ3v) is 3.16. The predicted octanol–water partition coefficient (Wildman–Crippen LogP) is 1.66. The van der Waals surface area contributed by atoms with Crippen molar-refractivity contribution in [2.45, 2.75) is 25.5 Å². The molecule has 1 aromatic heterocycles. The van der Waals surface area contributed by atoms with Crippen LogP contribution in [0, 0.1) is 11.3 Å². The van der Waals surface area contributed by atoms with Crippen molar-refractivity contribution in [3.63, 3.8) is 0 Å². The minimum Gasteiger partial charge on any atom is -0.376 e. The summed E-state index contributed by atoms with van der Waals surface area (Å²) in [4.78, 5) is 11.5. The minimum absolute atomic E-state index is 0.160. The zero-order valence-corrected chi connectivity index (χ0v) is 10.2. The average molecular weight is 283 g/mol. The van der Waals surface area contributed by atoms with E-state index in [9.17, 15) is 4.79 Å². The van der Waals surface area contributed by atoms with Crippen LogP contribution in [0.4, 0.5) is 0 Å². The van der Waals surface area contributed by atoms with E-state index in [0.717, 1.165) is 19.4 Å². The zero-order chi connectivity index (χ0) is 11.5. The highest BCUT2D eigenvalue weighted by molar-refractivity contribution is 9.10. The summed E-state index contributed by atoms with van der Waals surface area (Å²) in [6.07, 6.45) is 5.59. The highest BCUT2D eigenvalue weighted by Gasteiger charge is 2.16. The molecule has 0 radical (unpaired) electrons. The van der Waals surface area contributed by atoms with E-state index < -0.39 is 0 Å². The van der Waals surface area contributed by atoms with Gasteiger partial charge in [0.25, 0.3) is 0 Å². The first-order valence-electron chi connectivity index (χ1n) is 5.12. The van der Waals surface area contributed by atoms with Crippen LogP contribution in [0.25, 0.3) is 0 Å². The van der Waals surface area contributed by atoms with E-state index >= 15 is 0 Å². The van der Waals surface area contributed by atoms with Crippen LogP contribution >= 0.6 is 15.9 Å². The average Bonchev–Trinajstić information content (AvgIpc) is 2.76. The van der Waals surface area contributed by atoms with Crippen molar-refractivity contribution in [1.82, 2.24) is 4.57 Å². The van der Waals surface area contributed by atoms with Crippen molar-refractivity contribution < 1.29 is 4.74 Å². The second-order valence-electron chi connectivity index (χ2n) is 3.79. The van der Waals surface area contributed by atoms with E-state index in [1.54, 1.807) is 12.4 Å². The lowest BCUT2D eigenvalue weighted by atomic mass is 10.2. The van der Waals surface area contributed by atoms with E-state index in [1.807, 2.05) is 10.6 Å². The molecule has 16 heavy (non-hydrogen) atoms. The van der Waals surface area contributed by atoms with Crippen molar-refractivity contribution in [2.75, 3.05) is 6.61 Å². The zero-order valence-electron chi connectivity index (χ0n) is 8.65. The molecule has 4 nitrogen and oxygen atoms in total. The smallest absolute Gasteiger partial charge is 0.213 e. The van der Waals surface area contributed by atoms with Gasteiger partial charge in [0.2, 0.25) is 5.43 Å². The van der Waals surface area contributed by atoms with Crippen LogP contribution < -0.4 is 5.43 Å². The van der Waals surface area contributed by atoms with Crippen LogP contribution in [0.15, 0.2) is 21.7 Å². The van der Waals surface area contributed by atoms with Gasteiger partial charge in [-0.25, -0.2) is 0 Å². The quantitative estimate of drug-likeness (QED) is 0.829. The van der Waals surface area contributed by atoms with Crippen LogP contribution in [0.2, 0.25) is 0 Å². The summed E-state index contributed by atoms with van der Waals surface area (Å²) in [5, 5.41) is 8.81. The van der Waals surface area contributed by atoms with Crippen molar-refractivity contribution in [3.05, 3.63) is 32.7 Å². The van der Waals surface area contributed by atoms with Gasteiger partial charge in [-0.15, -0.1) is 0 Å². The molecule has 1 atom stereocenters. The van der Waals surface area contributed by atoms with E-state index in [0.29, 0.717) is 11.0 Å². The number of rotatable bonds is 2. The summed E-state index contributed by atoms with van der Waals surface area (Å²) in [6, 6.07) is 1.90. The Balaban J connectivity index is 2.25. The minimum atomic E-state index is -0.258. The standard InChI is InChI=1S/C11H11BrN2O2/c12-10-7-14(5-8(4-13)11(10)15)6-9-2-1-3-16-9/h5,7,9H,1-3,6H2. The molecular formula is C11H11BrN2O2. The van der Waals surface area contributed by atoms with Gasteiger partial charge in [0, 0.05) is 25.5 Å². The van der Waals surface area contributed by atoms with Gasteiger partial charge in [-0.05, 0) is 28.8 Å². The summed E-state index contributed by atoms with van der Waals surface area (Å²) in [5.74, 6) is 0. The number of hydrogen-bond acceptors (Lipinski definition) is 3. The Bertz CT molecular complexity index is 484. The lowest BCUT2D eigenvalue weighted by Gasteiger charge is -2.12. The first-order chi connectivity index (χ1) is 7.70. The summed E-state index contributed by atoms with van der Waals surface area (Å²) in [7, 11) is 0. The van der Waals surface area contributed by atoms with Crippen LogP contribution in [-0.2, 0) is 11.3 Å². The molecule has 1 fully saturated rings. The SMILES string of the molecule is N#Cc1cn(CC2CCCO2)cc(Br)c1=O. The molecule has 0 N–H and O–H groups in total. The van der Waals surface area contributed by atoms with E-state index in [1.165, 1.54) is 0 Å². The molecule has 1 aromatic rings. The third-order valence-electron chi connectivity index (χ3n) is 2.59. The molecule has 0 aromatic carbocycles. The van der Waals surface area contributed by atoms with Gasteiger partial charge in [-0.3, -0.25) is 4.79 Å². The number of nitrogens with zero attached hydrogens (tertiary/aromatic N) is 2. The Morgan fingerprint density at radius 1 is 1.62 bits per heavy atom. The maximum Gasteiger partial charge on any atom is 0.213 e. The molecule has 2 rings (SSSR count). The van der Waals surface area contributed by atoms with Crippen LogP contribution in [0.5, 0.6) is 0 Å². The molecule has 0 bridgehead atoms. The largest absolute Gasteiger partial charge is 0.376 e. The van der Waals surface area contributed by atoms with Crippen molar-refractivity contribution in [3.8, 4) is 6.07 Å². The number of ether oxygens (including phenoxy) is 1. The fourth-order valence-corrected chi connectivity index (χ4v) is 2.28. The number of hydrogen-bond donors (Lipinski definition) is 0. The first-order valence-corrected chi connectivity index (χ1v) is 5.91. The topological polar surface area (TPSA) is 55.0 Å². The second-order valence-corrected chi connectivity index (χ2v) is 4.65. The van der Waals surface area contributed by atoms with Gasteiger partial charge in [0.1, 0.15) is 11.6 Å². The molecule has 0 amide bonds. The fraction of sp³-hybridized carbons (Fsp3) is 0.455. The molecule has 84 valence electrons. The Hall–Kier alpha value is -1.12. The van der Waals surface area contributed by atoms with Gasteiger partial charge in [-0.2, -0.15) is 5.26 Å². The summed E-state index contributed by atoms with van der Waals surface area (Å²) in [5.41, 5.74) is -0.0986. The fourth-order valence-electron chi connectivity index (χ4n) is 1.80. The maximum absolute atomic E-state index is 11.5. The highest BCUT2D eigenvalue weighted by atomic mass is 79.9. The van der Waals surface area contributed by atoms with E-state index in [4.69, 9.17) is 10.00 Å². The molecule has 1 saturated heterocycles. The number of pyridine rings is 1. The van der Waals surface area contributed by atoms with Crippen molar-refractivity contribution in [2.24, 2.45) is 0 Å². The molecule has 2 heterocycles. The Morgan fingerprint density at radius 2 is 2.44 bits per heavy atom. The number of nitriles is 1. The van der Waals surface area contributed by atoms with E-state index in [2.05, 4.69) is 15.9 Å². The summed E-state index contributed by atoms with van der Waals surface area (Å²) >= 11 is 3.16. The van der Waals surface area contributed by atoms with Gasteiger partial charge < -0.3 is 9.30 Å². The van der Waals surface area contributed by atoms with Crippen LogP contribution in [0.1, 0.15) is 18.4 Å². The normalized spacial score (nSPS) is 19.6. The van der Waals surface area contributed by atoms with Crippen molar-refractivity contribution in [1.29, 1.82) is 5.26 Å². The molecule has 0 aliphatic carbocycles. The van der Waals surface area contributed by atoms with Gasteiger partial charge in [0.15, 0.2) is 0 Å². The molecule has 1 unspecified atom stereocenters. The van der Waals surface area contributed by atoms with Crippen LogP contribution in [-0.4, -0.2) is 17.3 Å². The molecule has 1 aliphatic rings. The summed E-state index contributed by atoms with van der Waals surface area (Å²) < 4.78 is 7.76. The molecule has 0 spiro atoms. The second kappa shape index (κ2) is 4.81. The highest BCUT2D eigenvalue weighted by Crippen LogP contribution is 2.15. The Kier molecular flexibility index (Phi) is 3.42. The lowest BCUT2D eigenvalue weighted by Crippen LogP contribution is -2.18. The Labute approximate surface area is 102 Å². The number of aromatic nitrogens is 1. The van der Waals surface area contributed by atoms with E-state index in [-0.39, 0.29) is 17.1 Å². The number of halogens is 1. The van der Waals surface area contributed by atoms with Gasteiger partial charge in [-0.1, -0.05) is 0 Å². The molecular weight excluding hydrogens is 272 g/mol. The first kappa shape index (κ1) is 11.4. The van der Waals surface area contributed by atoms with Crippen molar-refractivity contribution >= 4 is 15.9 Å². The maximum atomic E-state index is 11.5. The third kappa shape index (κ3) is 2.34. The molecule has 5 heteroatoms. The van der Waals surface area contributed by atoms with Crippen LogP contribution in [0.3, 0.4) is 0 Å². The van der Waals surface area contributed by atoms with Gasteiger partial charge in [0.05, 0.1) is 10.6 Å². The summed E-state index contributed by atoms with van der Waals surface area (Å²) in [6.45, 7) is 1.49. The predicted molar refractivity (Wildman–Crippen MR) is 62.1 cm³/mol. The van der Waals surface area contributed by atoms with Gasteiger partial charge >= 0.3 is 0 Å². The lowest BCUT2D eigenvalue weighted by molar-refractivity contribution is 0.0968. The molecule has 0 saturated carbocycles. The molecule has 1 aliphatic heterocycles.